The fourth-order valence-electron chi connectivity index (χ4n) is 2.64. The summed E-state index contributed by atoms with van der Waals surface area (Å²) in [6.45, 7) is 4.27. The molecule has 0 spiro atoms. The minimum atomic E-state index is 0.556. The Hall–Kier alpha value is -0.150. The van der Waals surface area contributed by atoms with Gasteiger partial charge in [0.15, 0.2) is 0 Å². The molecule has 2 rings (SSSR count). The van der Waals surface area contributed by atoms with Crippen molar-refractivity contribution in [2.24, 2.45) is 0 Å². The van der Waals surface area contributed by atoms with Gasteiger partial charge in [-0.1, -0.05) is 13.3 Å². The lowest BCUT2D eigenvalue weighted by molar-refractivity contribution is 0.218. The van der Waals surface area contributed by atoms with Crippen molar-refractivity contribution in [3.8, 4) is 0 Å². The Morgan fingerprint density at radius 3 is 3.06 bits per heavy atom. The van der Waals surface area contributed by atoms with Crippen molar-refractivity contribution in [2.45, 2.75) is 56.7 Å². The molecule has 0 aromatic rings. The highest BCUT2D eigenvalue weighted by molar-refractivity contribution is 8.00. The molecule has 1 saturated heterocycles. The van der Waals surface area contributed by atoms with E-state index in [0.29, 0.717) is 6.04 Å². The van der Waals surface area contributed by atoms with Gasteiger partial charge in [0.05, 0.1) is 12.9 Å². The lowest BCUT2D eigenvalue weighted by Crippen LogP contribution is -2.42. The van der Waals surface area contributed by atoms with Gasteiger partial charge in [0.25, 0.3) is 0 Å². The van der Waals surface area contributed by atoms with Gasteiger partial charge in [-0.2, -0.15) is 11.8 Å². The van der Waals surface area contributed by atoms with Crippen molar-refractivity contribution in [1.29, 1.82) is 0 Å². The smallest absolute Gasteiger partial charge is 0.0876 e. The normalized spacial score (nSPS) is 27.1. The average molecular weight is 255 g/mol. The molecule has 2 unspecified atom stereocenters. The van der Waals surface area contributed by atoms with E-state index in [4.69, 9.17) is 4.74 Å². The molecule has 2 atom stereocenters. The fraction of sp³-hybridized carbons (Fsp3) is 0.857. The first-order valence-electron chi connectivity index (χ1n) is 7.07. The van der Waals surface area contributed by atoms with Crippen molar-refractivity contribution in [1.82, 2.24) is 5.32 Å². The van der Waals surface area contributed by atoms with Crippen LogP contribution in [0.3, 0.4) is 0 Å². The second-order valence-electron chi connectivity index (χ2n) is 5.00. The van der Waals surface area contributed by atoms with Crippen LogP contribution in [-0.2, 0) is 4.74 Å². The van der Waals surface area contributed by atoms with E-state index >= 15 is 0 Å². The van der Waals surface area contributed by atoms with Gasteiger partial charge in [0, 0.05) is 11.3 Å². The zero-order valence-corrected chi connectivity index (χ0v) is 11.7. The molecule has 17 heavy (non-hydrogen) atoms. The molecule has 0 bridgehead atoms. The Morgan fingerprint density at radius 2 is 2.41 bits per heavy atom. The lowest BCUT2D eigenvalue weighted by atomic mass is 9.96. The number of hydrogen-bond acceptors (Lipinski definition) is 3. The molecule has 2 aliphatic rings. The maximum absolute atomic E-state index is 5.52. The van der Waals surface area contributed by atoms with Crippen molar-refractivity contribution in [3.63, 3.8) is 0 Å². The summed E-state index contributed by atoms with van der Waals surface area (Å²) in [6.07, 6.45) is 9.82. The van der Waals surface area contributed by atoms with Gasteiger partial charge in [-0.15, -0.1) is 0 Å². The minimum absolute atomic E-state index is 0.556. The van der Waals surface area contributed by atoms with Gasteiger partial charge in [0.2, 0.25) is 0 Å². The molecule has 0 aromatic carbocycles. The van der Waals surface area contributed by atoms with Gasteiger partial charge in [-0.05, 0) is 50.0 Å². The summed E-state index contributed by atoms with van der Waals surface area (Å²) in [6, 6.07) is 0.556. The molecule has 98 valence electrons. The predicted molar refractivity (Wildman–Crippen MR) is 75.4 cm³/mol. The van der Waals surface area contributed by atoms with Crippen molar-refractivity contribution < 1.29 is 4.74 Å². The van der Waals surface area contributed by atoms with Crippen LogP contribution in [0, 0.1) is 0 Å². The second kappa shape index (κ2) is 7.32. The molecule has 2 nitrogen and oxygen atoms in total. The van der Waals surface area contributed by atoms with E-state index in [-0.39, 0.29) is 0 Å². The van der Waals surface area contributed by atoms with E-state index in [1.807, 2.05) is 6.26 Å². The topological polar surface area (TPSA) is 21.3 Å². The number of nitrogens with one attached hydrogen (secondary N) is 1. The molecule has 2 heterocycles. The van der Waals surface area contributed by atoms with E-state index in [1.54, 1.807) is 0 Å². The van der Waals surface area contributed by atoms with E-state index in [2.05, 4.69) is 24.0 Å². The molecule has 1 fully saturated rings. The molecule has 0 aromatic heterocycles. The Balaban J connectivity index is 1.97. The van der Waals surface area contributed by atoms with Crippen LogP contribution in [0.2, 0.25) is 0 Å². The third-order valence-corrected chi connectivity index (χ3v) is 5.02. The first-order valence-corrected chi connectivity index (χ1v) is 8.12. The monoisotopic (exact) mass is 255 g/mol. The fourth-order valence-corrected chi connectivity index (χ4v) is 4.11. The van der Waals surface area contributed by atoms with Crippen LogP contribution in [0.4, 0.5) is 0 Å². The average Bonchev–Trinajstić information content (AvgIpc) is 2.42. The molecule has 1 N–H and O–H groups in total. The third-order valence-electron chi connectivity index (χ3n) is 3.56. The molecule has 2 aliphatic heterocycles. The summed E-state index contributed by atoms with van der Waals surface area (Å²) in [5.74, 6) is 1.34. The largest absolute Gasteiger partial charge is 0.501 e. The highest BCUT2D eigenvalue weighted by atomic mass is 32.2. The van der Waals surface area contributed by atoms with E-state index < -0.39 is 0 Å². The highest BCUT2D eigenvalue weighted by Crippen LogP contribution is 2.32. The van der Waals surface area contributed by atoms with Crippen molar-refractivity contribution in [2.75, 3.05) is 18.9 Å². The molecular formula is C14H25NOS. The van der Waals surface area contributed by atoms with E-state index in [1.165, 1.54) is 49.9 Å². The SMILES string of the molecule is CCCNC(C1=COCCC1)C1CCCCS1. The first-order chi connectivity index (χ1) is 8.42. The van der Waals surface area contributed by atoms with Gasteiger partial charge in [0.1, 0.15) is 0 Å². The summed E-state index contributed by atoms with van der Waals surface area (Å²) in [5.41, 5.74) is 1.50. The number of hydrogen-bond donors (Lipinski definition) is 1. The highest BCUT2D eigenvalue weighted by Gasteiger charge is 2.27. The number of rotatable bonds is 5. The Labute approximate surface area is 110 Å². The molecule has 0 amide bonds. The summed E-state index contributed by atoms with van der Waals surface area (Å²) < 4.78 is 5.52. The summed E-state index contributed by atoms with van der Waals surface area (Å²) in [4.78, 5) is 0. The summed E-state index contributed by atoms with van der Waals surface area (Å²) in [5, 5.41) is 4.51. The zero-order chi connectivity index (χ0) is 11.9. The maximum Gasteiger partial charge on any atom is 0.0876 e. The van der Waals surface area contributed by atoms with Gasteiger partial charge < -0.3 is 10.1 Å². The summed E-state index contributed by atoms with van der Waals surface area (Å²) >= 11 is 2.16. The van der Waals surface area contributed by atoms with Gasteiger partial charge in [-0.25, -0.2) is 0 Å². The van der Waals surface area contributed by atoms with Gasteiger partial charge in [-0.3, -0.25) is 0 Å². The second-order valence-corrected chi connectivity index (χ2v) is 6.35. The quantitative estimate of drug-likeness (QED) is 0.814. The standard InChI is InChI=1S/C14H25NOS/c1-2-8-15-14(12-6-5-9-16-11-12)13-7-3-4-10-17-13/h11,13-15H,2-10H2,1H3. The van der Waals surface area contributed by atoms with Crippen LogP contribution in [0.1, 0.15) is 45.4 Å². The Kier molecular flexibility index (Phi) is 5.72. The summed E-state index contributed by atoms with van der Waals surface area (Å²) in [7, 11) is 0. The molecular weight excluding hydrogens is 230 g/mol. The van der Waals surface area contributed by atoms with Gasteiger partial charge >= 0.3 is 0 Å². The Bertz CT molecular complexity index is 249. The lowest BCUT2D eigenvalue weighted by Gasteiger charge is -2.33. The number of thioether (sulfide) groups is 1. The Morgan fingerprint density at radius 1 is 1.47 bits per heavy atom. The van der Waals surface area contributed by atoms with Crippen LogP contribution in [0.5, 0.6) is 0 Å². The molecule has 0 aliphatic carbocycles. The molecule has 3 heteroatoms. The zero-order valence-electron chi connectivity index (χ0n) is 10.9. The van der Waals surface area contributed by atoms with Crippen molar-refractivity contribution >= 4 is 11.8 Å². The number of ether oxygens (including phenoxy) is 1. The van der Waals surface area contributed by atoms with Crippen molar-refractivity contribution in [3.05, 3.63) is 11.8 Å². The predicted octanol–water partition coefficient (Wildman–Crippen LogP) is 3.33. The van der Waals surface area contributed by atoms with Crippen LogP contribution in [-0.4, -0.2) is 30.2 Å². The van der Waals surface area contributed by atoms with Crippen LogP contribution in [0.15, 0.2) is 11.8 Å². The molecule has 0 saturated carbocycles. The van der Waals surface area contributed by atoms with Crippen LogP contribution < -0.4 is 5.32 Å². The minimum Gasteiger partial charge on any atom is -0.501 e. The van der Waals surface area contributed by atoms with Crippen LogP contribution >= 0.6 is 11.8 Å². The van der Waals surface area contributed by atoms with Crippen LogP contribution in [0.25, 0.3) is 0 Å². The first kappa shape index (κ1) is 13.3. The third kappa shape index (κ3) is 3.92. The van der Waals surface area contributed by atoms with E-state index in [9.17, 15) is 0 Å². The van der Waals surface area contributed by atoms with E-state index in [0.717, 1.165) is 18.4 Å². The maximum atomic E-state index is 5.52. The molecule has 0 radical (unpaired) electrons.